The van der Waals surface area contributed by atoms with E-state index in [1.54, 1.807) is 4.90 Å². The average Bonchev–Trinajstić information content (AvgIpc) is 2.56. The molecule has 2 atom stereocenters. The Morgan fingerprint density at radius 1 is 1.57 bits per heavy atom. The minimum absolute atomic E-state index is 0.0957. The molecular weight excluding hydrogens is 182 g/mol. The van der Waals surface area contributed by atoms with Crippen LogP contribution >= 0.6 is 0 Å². The van der Waals surface area contributed by atoms with Crippen molar-refractivity contribution >= 4 is 6.09 Å². The summed E-state index contributed by atoms with van der Waals surface area (Å²) >= 11 is 0. The fourth-order valence-corrected chi connectivity index (χ4v) is 2.01. The molecule has 2 unspecified atom stereocenters. The third-order valence-corrected chi connectivity index (χ3v) is 2.78. The molecule has 0 bridgehead atoms. The fraction of sp³-hybridized carbons (Fsp3) is 0.900. The Morgan fingerprint density at radius 3 is 2.86 bits per heavy atom. The Hall–Kier alpha value is -0.770. The Morgan fingerprint density at radius 2 is 2.29 bits per heavy atom. The molecule has 1 amide bonds. The van der Waals surface area contributed by atoms with Gasteiger partial charge in [0, 0.05) is 12.1 Å². The molecule has 1 fully saturated rings. The number of hydrogen-bond donors (Lipinski definition) is 1. The van der Waals surface area contributed by atoms with Gasteiger partial charge in [0.25, 0.3) is 0 Å². The van der Waals surface area contributed by atoms with Gasteiger partial charge in [-0.05, 0) is 26.2 Å². The lowest BCUT2D eigenvalue weighted by Gasteiger charge is -2.26. The maximum absolute atomic E-state index is 11.6. The number of aliphatic hydroxyl groups is 1. The molecule has 0 aromatic heterocycles. The molecule has 14 heavy (non-hydrogen) atoms. The molecule has 1 rings (SSSR count). The van der Waals surface area contributed by atoms with Crippen LogP contribution in [0.25, 0.3) is 0 Å². The van der Waals surface area contributed by atoms with Gasteiger partial charge in [-0.1, -0.05) is 6.92 Å². The molecule has 1 N–H and O–H groups in total. The number of rotatable bonds is 3. The van der Waals surface area contributed by atoms with Crippen molar-refractivity contribution < 1.29 is 14.6 Å². The van der Waals surface area contributed by atoms with Crippen LogP contribution in [0.4, 0.5) is 4.79 Å². The molecule has 0 aromatic rings. The zero-order valence-corrected chi connectivity index (χ0v) is 8.90. The summed E-state index contributed by atoms with van der Waals surface area (Å²) in [5.41, 5.74) is 0. The second-order valence-electron chi connectivity index (χ2n) is 3.73. The van der Waals surface area contributed by atoms with Gasteiger partial charge in [-0.3, -0.25) is 0 Å². The summed E-state index contributed by atoms with van der Waals surface area (Å²) in [6, 6.07) is 0.585. The van der Waals surface area contributed by atoms with Crippen molar-refractivity contribution in [3.05, 3.63) is 0 Å². The van der Waals surface area contributed by atoms with Gasteiger partial charge in [-0.2, -0.15) is 0 Å². The van der Waals surface area contributed by atoms with Gasteiger partial charge < -0.3 is 14.7 Å². The fourth-order valence-electron chi connectivity index (χ4n) is 2.01. The Labute approximate surface area is 84.8 Å². The molecule has 0 aromatic carbocycles. The lowest BCUT2D eigenvalue weighted by Crippen LogP contribution is -2.40. The summed E-state index contributed by atoms with van der Waals surface area (Å²) in [6.45, 7) is 4.11. The van der Waals surface area contributed by atoms with Crippen LogP contribution in [-0.4, -0.2) is 41.4 Å². The van der Waals surface area contributed by atoms with Gasteiger partial charge in [0.1, 0.15) is 6.61 Å². The zero-order chi connectivity index (χ0) is 10.6. The number of nitrogens with zero attached hydrogens (tertiary/aromatic N) is 1. The molecular formula is C10H19NO3. The topological polar surface area (TPSA) is 49.8 Å². The van der Waals surface area contributed by atoms with E-state index >= 15 is 0 Å². The van der Waals surface area contributed by atoms with E-state index in [4.69, 9.17) is 9.84 Å². The second-order valence-corrected chi connectivity index (χ2v) is 3.73. The van der Waals surface area contributed by atoms with Crippen LogP contribution in [0.5, 0.6) is 0 Å². The minimum Gasteiger partial charge on any atom is -0.447 e. The Kier molecular flexibility index (Phi) is 4.20. The number of amides is 1. The van der Waals surface area contributed by atoms with Crippen molar-refractivity contribution in [3.8, 4) is 0 Å². The van der Waals surface area contributed by atoms with E-state index in [1.807, 2.05) is 6.92 Å². The molecule has 1 aliphatic rings. The molecule has 82 valence electrons. The average molecular weight is 201 g/mol. The number of carbonyl (C=O) groups is 1. The minimum atomic E-state index is -0.282. The zero-order valence-electron chi connectivity index (χ0n) is 8.90. The van der Waals surface area contributed by atoms with E-state index in [0.29, 0.717) is 6.04 Å². The van der Waals surface area contributed by atoms with Crippen molar-refractivity contribution in [2.75, 3.05) is 13.2 Å². The Bertz CT molecular complexity index is 196. The van der Waals surface area contributed by atoms with Crippen LogP contribution in [0.15, 0.2) is 0 Å². The van der Waals surface area contributed by atoms with Crippen molar-refractivity contribution in [3.63, 3.8) is 0 Å². The van der Waals surface area contributed by atoms with Crippen LogP contribution < -0.4 is 0 Å². The van der Waals surface area contributed by atoms with Gasteiger partial charge in [-0.15, -0.1) is 0 Å². The first-order valence-corrected chi connectivity index (χ1v) is 5.26. The molecule has 1 saturated heterocycles. The summed E-state index contributed by atoms with van der Waals surface area (Å²) in [4.78, 5) is 13.4. The molecule has 1 aliphatic heterocycles. The quantitative estimate of drug-likeness (QED) is 0.750. The second kappa shape index (κ2) is 5.20. The van der Waals surface area contributed by atoms with Crippen LogP contribution in [-0.2, 0) is 4.74 Å². The van der Waals surface area contributed by atoms with E-state index in [-0.39, 0.29) is 25.3 Å². The summed E-state index contributed by atoms with van der Waals surface area (Å²) in [5, 5.41) is 8.55. The van der Waals surface area contributed by atoms with Gasteiger partial charge >= 0.3 is 6.09 Å². The highest BCUT2D eigenvalue weighted by Gasteiger charge is 2.33. The molecule has 0 radical (unpaired) electrons. The number of hydrogen-bond acceptors (Lipinski definition) is 3. The van der Waals surface area contributed by atoms with E-state index in [2.05, 4.69) is 6.92 Å². The van der Waals surface area contributed by atoms with Crippen molar-refractivity contribution in [2.24, 2.45) is 0 Å². The summed E-state index contributed by atoms with van der Waals surface area (Å²) in [5.74, 6) is 0. The predicted octanol–water partition coefficient (Wildman–Crippen LogP) is 1.38. The van der Waals surface area contributed by atoms with E-state index in [0.717, 1.165) is 19.3 Å². The van der Waals surface area contributed by atoms with E-state index in [1.165, 1.54) is 0 Å². The molecule has 0 saturated carbocycles. The van der Waals surface area contributed by atoms with E-state index < -0.39 is 0 Å². The normalized spacial score (nSPS) is 26.6. The number of carbonyl (C=O) groups excluding carboxylic acids is 1. The molecule has 4 heteroatoms. The first-order valence-electron chi connectivity index (χ1n) is 5.26. The SMILES string of the molecule is CCC1CCC(C)N1C(=O)OCCO. The van der Waals surface area contributed by atoms with Gasteiger partial charge in [0.2, 0.25) is 0 Å². The van der Waals surface area contributed by atoms with Crippen LogP contribution in [0, 0.1) is 0 Å². The van der Waals surface area contributed by atoms with Crippen molar-refractivity contribution in [1.82, 2.24) is 4.90 Å². The van der Waals surface area contributed by atoms with Crippen LogP contribution in [0.1, 0.15) is 33.1 Å². The number of aliphatic hydroxyl groups excluding tert-OH is 1. The monoisotopic (exact) mass is 201 g/mol. The van der Waals surface area contributed by atoms with Crippen LogP contribution in [0.3, 0.4) is 0 Å². The van der Waals surface area contributed by atoms with Gasteiger partial charge in [0.15, 0.2) is 0 Å². The highest BCUT2D eigenvalue weighted by atomic mass is 16.6. The highest BCUT2D eigenvalue weighted by molar-refractivity contribution is 5.68. The smallest absolute Gasteiger partial charge is 0.410 e. The van der Waals surface area contributed by atoms with Crippen molar-refractivity contribution in [2.45, 2.75) is 45.2 Å². The van der Waals surface area contributed by atoms with Gasteiger partial charge in [-0.25, -0.2) is 4.79 Å². The molecule has 0 aliphatic carbocycles. The summed E-state index contributed by atoms with van der Waals surface area (Å²) in [6.07, 6.45) is 2.80. The van der Waals surface area contributed by atoms with Crippen LogP contribution in [0.2, 0.25) is 0 Å². The Balaban J connectivity index is 2.50. The first kappa shape index (κ1) is 11.3. The molecule has 0 spiro atoms. The predicted molar refractivity (Wildman–Crippen MR) is 53.0 cm³/mol. The third kappa shape index (κ3) is 2.38. The lowest BCUT2D eigenvalue weighted by molar-refractivity contribution is 0.0707. The lowest BCUT2D eigenvalue weighted by atomic mass is 10.2. The molecule has 4 nitrogen and oxygen atoms in total. The van der Waals surface area contributed by atoms with Crippen molar-refractivity contribution in [1.29, 1.82) is 0 Å². The van der Waals surface area contributed by atoms with E-state index in [9.17, 15) is 4.79 Å². The summed E-state index contributed by atoms with van der Waals surface area (Å²) in [7, 11) is 0. The summed E-state index contributed by atoms with van der Waals surface area (Å²) < 4.78 is 4.91. The maximum atomic E-state index is 11.6. The largest absolute Gasteiger partial charge is 0.447 e. The van der Waals surface area contributed by atoms with Gasteiger partial charge in [0.05, 0.1) is 6.61 Å². The first-order chi connectivity index (χ1) is 6.70. The molecule has 1 heterocycles. The maximum Gasteiger partial charge on any atom is 0.410 e. The number of ether oxygens (including phenoxy) is 1. The highest BCUT2D eigenvalue weighted by Crippen LogP contribution is 2.26. The standard InChI is InChI=1S/C10H19NO3/c1-3-9-5-4-8(2)11(9)10(13)14-7-6-12/h8-9,12H,3-7H2,1-2H3. The third-order valence-electron chi connectivity index (χ3n) is 2.78. The number of likely N-dealkylation sites (tertiary alicyclic amines) is 1.